The van der Waals surface area contributed by atoms with E-state index >= 15 is 0 Å². The third-order valence-corrected chi connectivity index (χ3v) is 4.20. The van der Waals surface area contributed by atoms with E-state index in [0.29, 0.717) is 6.54 Å². The highest BCUT2D eigenvalue weighted by atomic mass is 35.5. The number of aryl methyl sites for hydroxylation is 1. The molecule has 0 saturated heterocycles. The van der Waals surface area contributed by atoms with Crippen LogP contribution in [0, 0.1) is 12.8 Å². The van der Waals surface area contributed by atoms with Gasteiger partial charge in [0.1, 0.15) is 0 Å². The number of anilines is 1. The molecule has 0 heterocycles. The molecule has 1 aromatic carbocycles. The Morgan fingerprint density at radius 1 is 1.39 bits per heavy atom. The van der Waals surface area contributed by atoms with Gasteiger partial charge >= 0.3 is 0 Å². The molecule has 1 aromatic rings. The van der Waals surface area contributed by atoms with Gasteiger partial charge in [0, 0.05) is 17.3 Å². The van der Waals surface area contributed by atoms with Crippen LogP contribution in [0.2, 0.25) is 5.02 Å². The van der Waals surface area contributed by atoms with E-state index in [1.54, 1.807) is 0 Å². The average Bonchev–Trinajstić information content (AvgIpc) is 2.83. The lowest BCUT2D eigenvalue weighted by molar-refractivity contribution is 0.155. The Hall–Kier alpha value is -0.730. The van der Waals surface area contributed by atoms with Crippen molar-refractivity contribution in [3.63, 3.8) is 0 Å². The van der Waals surface area contributed by atoms with Gasteiger partial charge in [-0.3, -0.25) is 0 Å². The van der Waals surface area contributed by atoms with E-state index in [1.807, 2.05) is 25.1 Å². The third-order valence-electron chi connectivity index (χ3n) is 3.79. The number of nitrogens with one attached hydrogen (secondary N) is 1. The highest BCUT2D eigenvalue weighted by Crippen LogP contribution is 2.28. The van der Waals surface area contributed by atoms with Gasteiger partial charge in [0.15, 0.2) is 0 Å². The van der Waals surface area contributed by atoms with Gasteiger partial charge in [0.05, 0.1) is 6.10 Å². The van der Waals surface area contributed by atoms with Crippen molar-refractivity contribution in [1.29, 1.82) is 0 Å². The van der Waals surface area contributed by atoms with Crippen LogP contribution in [-0.4, -0.2) is 17.8 Å². The summed E-state index contributed by atoms with van der Waals surface area (Å²) in [7, 11) is 0. The minimum absolute atomic E-state index is 0.256. The van der Waals surface area contributed by atoms with E-state index in [9.17, 15) is 5.11 Å². The summed E-state index contributed by atoms with van der Waals surface area (Å²) in [4.78, 5) is 0. The fourth-order valence-electron chi connectivity index (χ4n) is 2.65. The normalized spacial score (nSPS) is 17.9. The van der Waals surface area contributed by atoms with Crippen LogP contribution in [0.15, 0.2) is 18.2 Å². The van der Waals surface area contributed by atoms with Crippen molar-refractivity contribution in [2.45, 2.75) is 45.1 Å². The first-order valence-corrected chi connectivity index (χ1v) is 7.21. The maximum absolute atomic E-state index is 10.00. The molecule has 0 spiro atoms. The summed E-state index contributed by atoms with van der Waals surface area (Å²) in [6.45, 7) is 2.59. The smallest absolute Gasteiger partial charge is 0.0715 e. The Bertz CT molecular complexity index is 388. The second-order valence-corrected chi connectivity index (χ2v) is 5.79. The Labute approximate surface area is 114 Å². The van der Waals surface area contributed by atoms with Gasteiger partial charge in [-0.25, -0.2) is 0 Å². The van der Waals surface area contributed by atoms with Crippen LogP contribution in [0.25, 0.3) is 0 Å². The Balaban J connectivity index is 1.77. The van der Waals surface area contributed by atoms with Crippen molar-refractivity contribution in [3.8, 4) is 0 Å². The minimum atomic E-state index is -0.256. The summed E-state index contributed by atoms with van der Waals surface area (Å²) in [5.41, 5.74) is 2.06. The molecule has 0 amide bonds. The zero-order valence-corrected chi connectivity index (χ0v) is 11.7. The van der Waals surface area contributed by atoms with Gasteiger partial charge in [0.2, 0.25) is 0 Å². The predicted octanol–water partition coefficient (Wildman–Crippen LogP) is 4.00. The van der Waals surface area contributed by atoms with Gasteiger partial charge < -0.3 is 10.4 Å². The van der Waals surface area contributed by atoms with Gasteiger partial charge in [0.25, 0.3) is 0 Å². The number of aliphatic hydroxyl groups is 1. The molecule has 1 atom stereocenters. The first-order valence-electron chi connectivity index (χ1n) is 6.83. The summed E-state index contributed by atoms with van der Waals surface area (Å²) >= 11 is 6.06. The number of aliphatic hydroxyl groups excluding tert-OH is 1. The van der Waals surface area contributed by atoms with Gasteiger partial charge in [-0.05, 0) is 37.0 Å². The van der Waals surface area contributed by atoms with Crippen LogP contribution in [0.3, 0.4) is 0 Å². The molecule has 2 nitrogen and oxygen atoms in total. The highest BCUT2D eigenvalue weighted by molar-refractivity contribution is 6.31. The fourth-order valence-corrected chi connectivity index (χ4v) is 2.83. The van der Waals surface area contributed by atoms with E-state index < -0.39 is 0 Å². The number of rotatable bonds is 5. The molecule has 1 aliphatic carbocycles. The number of hydrogen-bond acceptors (Lipinski definition) is 2. The average molecular weight is 268 g/mol. The molecule has 2 N–H and O–H groups in total. The quantitative estimate of drug-likeness (QED) is 0.845. The number of hydrogen-bond donors (Lipinski definition) is 2. The van der Waals surface area contributed by atoms with Crippen molar-refractivity contribution in [2.24, 2.45) is 5.92 Å². The molecule has 1 aliphatic rings. The molecule has 2 rings (SSSR count). The standard InChI is InChI=1S/C15H22ClNO/c1-11-6-7-13(9-15(11)16)17-10-14(18)8-12-4-2-3-5-12/h6-7,9,12,14,17-18H,2-5,8,10H2,1H3. The number of halogens is 1. The molecular formula is C15H22ClNO. The first-order chi connectivity index (χ1) is 8.65. The van der Waals surface area contributed by atoms with E-state index in [1.165, 1.54) is 25.7 Å². The second-order valence-electron chi connectivity index (χ2n) is 5.38. The lowest BCUT2D eigenvalue weighted by Gasteiger charge is -2.16. The maximum Gasteiger partial charge on any atom is 0.0715 e. The number of benzene rings is 1. The molecule has 18 heavy (non-hydrogen) atoms. The fraction of sp³-hybridized carbons (Fsp3) is 0.600. The molecule has 0 radical (unpaired) electrons. The summed E-state index contributed by atoms with van der Waals surface area (Å²) in [5, 5.41) is 14.0. The monoisotopic (exact) mass is 267 g/mol. The summed E-state index contributed by atoms with van der Waals surface area (Å²) < 4.78 is 0. The first kappa shape index (κ1) is 13.7. The van der Waals surface area contributed by atoms with Crippen LogP contribution in [0.4, 0.5) is 5.69 Å². The van der Waals surface area contributed by atoms with E-state index in [-0.39, 0.29) is 6.10 Å². The SMILES string of the molecule is Cc1ccc(NCC(O)CC2CCCC2)cc1Cl. The molecule has 0 aliphatic heterocycles. The molecule has 100 valence electrons. The lowest BCUT2D eigenvalue weighted by atomic mass is 10.00. The van der Waals surface area contributed by atoms with Crippen LogP contribution in [0.5, 0.6) is 0 Å². The maximum atomic E-state index is 10.00. The van der Waals surface area contributed by atoms with Crippen LogP contribution in [-0.2, 0) is 0 Å². The van der Waals surface area contributed by atoms with Crippen molar-refractivity contribution in [3.05, 3.63) is 28.8 Å². The molecule has 0 aromatic heterocycles. The highest BCUT2D eigenvalue weighted by Gasteiger charge is 2.18. The topological polar surface area (TPSA) is 32.3 Å². The molecule has 0 bridgehead atoms. The third kappa shape index (κ3) is 3.89. The Morgan fingerprint density at radius 3 is 2.78 bits per heavy atom. The van der Waals surface area contributed by atoms with Crippen molar-refractivity contribution < 1.29 is 5.11 Å². The zero-order valence-electron chi connectivity index (χ0n) is 11.0. The molecule has 1 unspecified atom stereocenters. The second kappa shape index (κ2) is 6.44. The van der Waals surface area contributed by atoms with Gasteiger partial charge in [-0.1, -0.05) is 43.4 Å². The molecular weight excluding hydrogens is 246 g/mol. The van der Waals surface area contributed by atoms with Crippen molar-refractivity contribution in [1.82, 2.24) is 0 Å². The zero-order chi connectivity index (χ0) is 13.0. The van der Waals surface area contributed by atoms with E-state index in [4.69, 9.17) is 11.6 Å². The van der Waals surface area contributed by atoms with E-state index in [2.05, 4.69) is 5.32 Å². The summed E-state index contributed by atoms with van der Waals surface area (Å²) in [6, 6.07) is 5.91. The largest absolute Gasteiger partial charge is 0.391 e. The van der Waals surface area contributed by atoms with Crippen LogP contribution < -0.4 is 5.32 Å². The molecule has 3 heteroatoms. The van der Waals surface area contributed by atoms with Gasteiger partial charge in [-0.2, -0.15) is 0 Å². The van der Waals surface area contributed by atoms with Crippen molar-refractivity contribution in [2.75, 3.05) is 11.9 Å². The van der Waals surface area contributed by atoms with Crippen LogP contribution in [0.1, 0.15) is 37.7 Å². The Morgan fingerprint density at radius 2 is 2.11 bits per heavy atom. The molecule has 1 fully saturated rings. The Kier molecular flexibility index (Phi) is 4.90. The minimum Gasteiger partial charge on any atom is -0.391 e. The predicted molar refractivity (Wildman–Crippen MR) is 77.3 cm³/mol. The van der Waals surface area contributed by atoms with Crippen LogP contribution >= 0.6 is 11.6 Å². The summed E-state index contributed by atoms with van der Waals surface area (Å²) in [5.74, 6) is 0.725. The summed E-state index contributed by atoms with van der Waals surface area (Å²) in [6.07, 6.45) is 5.90. The lowest BCUT2D eigenvalue weighted by Crippen LogP contribution is -2.22. The van der Waals surface area contributed by atoms with E-state index in [0.717, 1.165) is 28.6 Å². The van der Waals surface area contributed by atoms with Gasteiger partial charge in [-0.15, -0.1) is 0 Å². The van der Waals surface area contributed by atoms with Crippen molar-refractivity contribution >= 4 is 17.3 Å². The molecule has 1 saturated carbocycles.